The largest absolute Gasteiger partial charge is 0.378 e. The lowest BCUT2D eigenvalue weighted by Gasteiger charge is -2.20. The van der Waals surface area contributed by atoms with Gasteiger partial charge in [0.1, 0.15) is 0 Å². The second-order valence-corrected chi connectivity index (χ2v) is 7.61. The van der Waals surface area contributed by atoms with Crippen LogP contribution in [0.4, 0.5) is 0 Å². The Hall–Kier alpha value is 0.270. The van der Waals surface area contributed by atoms with Crippen molar-refractivity contribution < 1.29 is 4.74 Å². The molecule has 0 bridgehead atoms. The first-order valence-corrected chi connectivity index (χ1v) is 7.45. The van der Waals surface area contributed by atoms with Gasteiger partial charge in [-0.1, -0.05) is 20.8 Å². The molecule has 0 radical (unpaired) electrons. The summed E-state index contributed by atoms with van der Waals surface area (Å²) in [5.74, 6) is 1.19. The van der Waals surface area contributed by atoms with Crippen LogP contribution < -0.4 is 5.32 Å². The molecule has 0 saturated carbocycles. The van der Waals surface area contributed by atoms with E-state index in [2.05, 4.69) is 33.0 Å². The van der Waals surface area contributed by atoms with Gasteiger partial charge in [-0.2, -0.15) is 11.8 Å². The summed E-state index contributed by atoms with van der Waals surface area (Å²) in [7, 11) is 0. The maximum atomic E-state index is 5.64. The zero-order chi connectivity index (χ0) is 12.0. The molecule has 1 aliphatic rings. The highest BCUT2D eigenvalue weighted by atomic mass is 32.2. The van der Waals surface area contributed by atoms with E-state index in [1.165, 1.54) is 25.0 Å². The van der Waals surface area contributed by atoms with Crippen LogP contribution in [0.5, 0.6) is 0 Å². The molecule has 1 rings (SSSR count). The van der Waals surface area contributed by atoms with Crippen molar-refractivity contribution in [3.05, 3.63) is 0 Å². The lowest BCUT2D eigenvalue weighted by molar-refractivity contribution is 0.0966. The van der Waals surface area contributed by atoms with Crippen molar-refractivity contribution in [2.45, 2.75) is 63.9 Å². The molecule has 0 aromatic heterocycles. The molecule has 2 atom stereocenters. The van der Waals surface area contributed by atoms with Gasteiger partial charge in [0.15, 0.2) is 0 Å². The molecule has 1 fully saturated rings. The Morgan fingerprint density at radius 3 is 2.75 bits per heavy atom. The minimum atomic E-state index is 0.388. The van der Waals surface area contributed by atoms with Crippen LogP contribution in [0.1, 0.15) is 47.0 Å². The van der Waals surface area contributed by atoms with Crippen LogP contribution in [-0.2, 0) is 4.74 Å². The topological polar surface area (TPSA) is 21.3 Å². The van der Waals surface area contributed by atoms with Crippen LogP contribution in [0, 0.1) is 0 Å². The molecule has 1 N–H and O–H groups in total. The van der Waals surface area contributed by atoms with Crippen LogP contribution in [0.2, 0.25) is 0 Å². The van der Waals surface area contributed by atoms with Crippen molar-refractivity contribution in [3.63, 3.8) is 0 Å². The molecule has 16 heavy (non-hydrogen) atoms. The summed E-state index contributed by atoms with van der Waals surface area (Å²) in [6.07, 6.45) is 4.18. The molecule has 1 saturated heterocycles. The van der Waals surface area contributed by atoms with Crippen molar-refractivity contribution in [1.82, 2.24) is 5.32 Å². The number of rotatable bonds is 6. The van der Waals surface area contributed by atoms with E-state index in [4.69, 9.17) is 4.74 Å². The van der Waals surface area contributed by atoms with E-state index >= 15 is 0 Å². The Labute approximate surface area is 105 Å². The maximum Gasteiger partial charge on any atom is 0.0590 e. The highest BCUT2D eigenvalue weighted by Gasteiger charge is 2.18. The summed E-state index contributed by atoms with van der Waals surface area (Å²) in [5, 5.41) is 3.58. The predicted molar refractivity (Wildman–Crippen MR) is 73.3 cm³/mol. The maximum absolute atomic E-state index is 5.64. The minimum absolute atomic E-state index is 0.388. The predicted octanol–water partition coefficient (Wildman–Crippen LogP) is 3.07. The van der Waals surface area contributed by atoms with Gasteiger partial charge in [0.2, 0.25) is 0 Å². The van der Waals surface area contributed by atoms with E-state index in [0.717, 1.165) is 13.2 Å². The molecule has 0 spiro atoms. The number of hydrogen-bond acceptors (Lipinski definition) is 3. The van der Waals surface area contributed by atoms with Gasteiger partial charge in [-0.25, -0.2) is 0 Å². The Balaban J connectivity index is 1.99. The smallest absolute Gasteiger partial charge is 0.0590 e. The van der Waals surface area contributed by atoms with Crippen LogP contribution in [-0.4, -0.2) is 35.8 Å². The third-order valence-corrected chi connectivity index (χ3v) is 4.04. The van der Waals surface area contributed by atoms with E-state index in [-0.39, 0.29) is 0 Å². The van der Waals surface area contributed by atoms with Crippen molar-refractivity contribution in [3.8, 4) is 0 Å². The molecule has 3 heteroatoms. The summed E-state index contributed by atoms with van der Waals surface area (Å²) < 4.78 is 6.03. The number of ether oxygens (including phenoxy) is 1. The Bertz CT molecular complexity index is 185. The average molecular weight is 245 g/mol. The van der Waals surface area contributed by atoms with E-state index in [0.29, 0.717) is 16.9 Å². The summed E-state index contributed by atoms with van der Waals surface area (Å²) in [6, 6.07) is 0.587. The van der Waals surface area contributed by atoms with Crippen molar-refractivity contribution >= 4 is 11.8 Å². The molecular formula is C13H27NOS. The lowest BCUT2D eigenvalue weighted by atomic mass is 10.1. The Kier molecular flexibility index (Phi) is 6.16. The van der Waals surface area contributed by atoms with Gasteiger partial charge >= 0.3 is 0 Å². The normalized spacial score (nSPS) is 23.6. The fourth-order valence-electron chi connectivity index (χ4n) is 1.97. The molecule has 1 heterocycles. The summed E-state index contributed by atoms with van der Waals surface area (Å²) in [5.41, 5.74) is 0. The molecule has 2 nitrogen and oxygen atoms in total. The molecule has 1 aliphatic heterocycles. The highest BCUT2D eigenvalue weighted by molar-refractivity contribution is 8.00. The molecule has 0 aliphatic carbocycles. The molecule has 0 aromatic carbocycles. The van der Waals surface area contributed by atoms with Crippen molar-refractivity contribution in [1.29, 1.82) is 0 Å². The van der Waals surface area contributed by atoms with Crippen LogP contribution in [0.3, 0.4) is 0 Å². The number of thioether (sulfide) groups is 1. The summed E-state index contributed by atoms with van der Waals surface area (Å²) >= 11 is 2.02. The first kappa shape index (κ1) is 14.3. The summed E-state index contributed by atoms with van der Waals surface area (Å²) in [6.45, 7) is 11.2. The molecule has 0 amide bonds. The first-order valence-electron chi connectivity index (χ1n) is 6.46. The van der Waals surface area contributed by atoms with Gasteiger partial charge in [0.05, 0.1) is 6.10 Å². The highest BCUT2D eigenvalue weighted by Crippen LogP contribution is 2.22. The lowest BCUT2D eigenvalue weighted by Crippen LogP contribution is -2.32. The van der Waals surface area contributed by atoms with E-state index in [1.807, 2.05) is 11.8 Å². The number of hydrogen-bond donors (Lipinski definition) is 1. The second-order valence-electron chi connectivity index (χ2n) is 5.69. The van der Waals surface area contributed by atoms with Gasteiger partial charge in [-0.05, 0) is 26.2 Å². The average Bonchev–Trinajstić information content (AvgIpc) is 2.63. The van der Waals surface area contributed by atoms with E-state index in [1.54, 1.807) is 0 Å². The van der Waals surface area contributed by atoms with E-state index < -0.39 is 0 Å². The molecule has 2 unspecified atom stereocenters. The van der Waals surface area contributed by atoms with E-state index in [9.17, 15) is 0 Å². The second kappa shape index (κ2) is 6.87. The monoisotopic (exact) mass is 245 g/mol. The van der Waals surface area contributed by atoms with Gasteiger partial charge in [-0.15, -0.1) is 0 Å². The van der Waals surface area contributed by atoms with Gasteiger partial charge in [-0.3, -0.25) is 0 Å². The van der Waals surface area contributed by atoms with Gasteiger partial charge in [0, 0.05) is 29.7 Å². The minimum Gasteiger partial charge on any atom is -0.378 e. The summed E-state index contributed by atoms with van der Waals surface area (Å²) in [4.78, 5) is 0. The first-order chi connectivity index (χ1) is 7.47. The Morgan fingerprint density at radius 2 is 2.19 bits per heavy atom. The standard InChI is InChI=1S/C13H27NOS/c1-11(10-12-6-5-8-15-12)14-7-9-16-13(2,3)4/h11-12,14H,5-10H2,1-4H3. The van der Waals surface area contributed by atoms with Crippen molar-refractivity contribution in [2.75, 3.05) is 18.9 Å². The zero-order valence-electron chi connectivity index (χ0n) is 11.2. The number of nitrogens with one attached hydrogen (secondary N) is 1. The van der Waals surface area contributed by atoms with Crippen molar-refractivity contribution in [2.24, 2.45) is 0 Å². The van der Waals surface area contributed by atoms with Gasteiger partial charge in [0.25, 0.3) is 0 Å². The van der Waals surface area contributed by atoms with Gasteiger partial charge < -0.3 is 10.1 Å². The third-order valence-electron chi connectivity index (χ3n) is 2.77. The fourth-order valence-corrected chi connectivity index (χ4v) is 2.80. The van der Waals surface area contributed by atoms with Crippen LogP contribution in [0.15, 0.2) is 0 Å². The molecule has 96 valence electrons. The zero-order valence-corrected chi connectivity index (χ0v) is 12.0. The SMILES string of the molecule is CC(CC1CCCO1)NCCSC(C)(C)C. The van der Waals surface area contributed by atoms with Crippen LogP contribution in [0.25, 0.3) is 0 Å². The molecular weight excluding hydrogens is 218 g/mol. The third kappa shape index (κ3) is 6.77. The Morgan fingerprint density at radius 1 is 1.44 bits per heavy atom. The van der Waals surface area contributed by atoms with Crippen LogP contribution >= 0.6 is 11.8 Å². The molecule has 0 aromatic rings. The fraction of sp³-hybridized carbons (Fsp3) is 1.00. The quantitative estimate of drug-likeness (QED) is 0.727.